The van der Waals surface area contributed by atoms with Crippen LogP contribution in [0.1, 0.15) is 88.5 Å². The van der Waals surface area contributed by atoms with Crippen molar-refractivity contribution in [1.82, 2.24) is 0 Å². The second kappa shape index (κ2) is 10.9. The van der Waals surface area contributed by atoms with Gasteiger partial charge in [0.2, 0.25) is 0 Å². The van der Waals surface area contributed by atoms with Crippen LogP contribution in [0.15, 0.2) is 140 Å². The Hall–Kier alpha value is -4.88. The maximum Gasteiger partial charge on any atom is 0.0465 e. The van der Waals surface area contributed by atoms with E-state index in [0.29, 0.717) is 5.41 Å². The number of hydrogen-bond acceptors (Lipinski definition) is 1. The van der Waals surface area contributed by atoms with Crippen molar-refractivity contribution in [1.29, 1.82) is 0 Å². The highest BCUT2D eigenvalue weighted by atomic mass is 15.1. The molecule has 12 rings (SSSR count). The number of hydrogen-bond donors (Lipinski definition) is 0. The van der Waals surface area contributed by atoms with Gasteiger partial charge >= 0.3 is 0 Å². The predicted molar refractivity (Wildman–Crippen MR) is 228 cm³/mol. The molecule has 1 nitrogen and oxygen atoms in total. The van der Waals surface area contributed by atoms with Gasteiger partial charge in [0.15, 0.2) is 0 Å². The summed E-state index contributed by atoms with van der Waals surface area (Å²) in [6.07, 6.45) is 8.23. The summed E-state index contributed by atoms with van der Waals surface area (Å²) in [5.41, 5.74) is 19.2. The van der Waals surface area contributed by atoms with Crippen LogP contribution in [0.2, 0.25) is 0 Å². The van der Waals surface area contributed by atoms with Gasteiger partial charge in [0.05, 0.1) is 0 Å². The maximum absolute atomic E-state index is 2.67. The van der Waals surface area contributed by atoms with Gasteiger partial charge in [0.25, 0.3) is 0 Å². The van der Waals surface area contributed by atoms with Gasteiger partial charge in [0, 0.05) is 22.5 Å². The molecule has 2 bridgehead atoms. The molecule has 6 aliphatic rings. The van der Waals surface area contributed by atoms with Gasteiger partial charge in [-0.2, -0.15) is 0 Å². The number of anilines is 3. The van der Waals surface area contributed by atoms with E-state index in [1.165, 1.54) is 100 Å². The average Bonchev–Trinajstić information content (AvgIpc) is 3.84. The third-order valence-corrected chi connectivity index (χ3v) is 16.4. The monoisotopic (exact) mass is 713 g/mol. The molecule has 6 aromatic rings. The molecule has 4 saturated carbocycles. The number of fused-ring (bicyclic) bond motifs is 9. The number of benzene rings is 6. The van der Waals surface area contributed by atoms with E-state index in [1.54, 1.807) is 11.1 Å². The zero-order valence-corrected chi connectivity index (χ0v) is 32.8. The maximum atomic E-state index is 2.67. The third kappa shape index (κ3) is 4.15. The van der Waals surface area contributed by atoms with Crippen molar-refractivity contribution in [3.63, 3.8) is 0 Å². The molecule has 6 aromatic carbocycles. The molecular weight excluding hydrogens is 663 g/mol. The second-order valence-electron chi connectivity index (χ2n) is 19.7. The fourth-order valence-corrected chi connectivity index (χ4v) is 13.9. The minimum Gasteiger partial charge on any atom is -0.310 e. The smallest absolute Gasteiger partial charge is 0.0465 e. The van der Waals surface area contributed by atoms with E-state index in [2.05, 4.69) is 172 Å². The van der Waals surface area contributed by atoms with Crippen LogP contribution in [0.25, 0.3) is 33.4 Å². The lowest BCUT2D eigenvalue weighted by molar-refractivity contribution is -0.231. The molecule has 0 radical (unpaired) electrons. The highest BCUT2D eigenvalue weighted by Gasteiger charge is 2.84. The largest absolute Gasteiger partial charge is 0.310 e. The molecule has 6 unspecified atom stereocenters. The van der Waals surface area contributed by atoms with E-state index >= 15 is 0 Å². The molecular formula is C54H51N. The van der Waals surface area contributed by atoms with Crippen LogP contribution in [0.3, 0.4) is 0 Å². The van der Waals surface area contributed by atoms with Gasteiger partial charge in [-0.05, 0) is 177 Å². The van der Waals surface area contributed by atoms with Crippen LogP contribution >= 0.6 is 0 Å². The van der Waals surface area contributed by atoms with Crippen LogP contribution in [-0.4, -0.2) is 0 Å². The SMILES string of the molecule is CC1(C)CCC(C)(C)c2cc(N(c3ccc(-c4ccccc4)cc3)c3ccc4c(c3)C3(c5cc(-c6ccccc6)ccc5-4)C4CC5CC6CC3C64C5)ccc21. The minimum atomic E-state index is 0.113. The van der Waals surface area contributed by atoms with Crippen molar-refractivity contribution in [3.05, 3.63) is 162 Å². The second-order valence-corrected chi connectivity index (χ2v) is 19.7. The Balaban J connectivity index is 1.05. The highest BCUT2D eigenvalue weighted by molar-refractivity contribution is 5.89. The molecule has 1 heteroatoms. The first-order valence-electron chi connectivity index (χ1n) is 21.1. The molecule has 2 spiro atoms. The van der Waals surface area contributed by atoms with Crippen LogP contribution in [0.4, 0.5) is 17.1 Å². The zero-order chi connectivity index (χ0) is 36.9. The Morgan fingerprint density at radius 3 is 1.67 bits per heavy atom. The summed E-state index contributed by atoms with van der Waals surface area (Å²) in [5.74, 6) is 3.40. The van der Waals surface area contributed by atoms with E-state index in [9.17, 15) is 0 Å². The van der Waals surface area contributed by atoms with Crippen molar-refractivity contribution in [2.24, 2.45) is 29.1 Å². The Labute approximate surface area is 327 Å². The van der Waals surface area contributed by atoms with Crippen molar-refractivity contribution >= 4 is 17.1 Å². The Morgan fingerprint density at radius 2 is 0.982 bits per heavy atom. The van der Waals surface area contributed by atoms with Crippen molar-refractivity contribution < 1.29 is 0 Å². The van der Waals surface area contributed by atoms with Crippen LogP contribution in [0.5, 0.6) is 0 Å². The lowest BCUT2D eigenvalue weighted by Crippen LogP contribution is -2.73. The fourth-order valence-electron chi connectivity index (χ4n) is 13.9. The van der Waals surface area contributed by atoms with Gasteiger partial charge < -0.3 is 4.90 Å². The van der Waals surface area contributed by atoms with E-state index in [4.69, 9.17) is 0 Å². The molecule has 4 fully saturated rings. The first-order chi connectivity index (χ1) is 26.7. The molecule has 0 heterocycles. The molecule has 6 aliphatic carbocycles. The standard InChI is InChI=1S/C54H51N/c1-51(2)25-26-52(3,4)48-32-42(21-24-45(48)51)55(40-18-15-37(16-19-40)35-11-7-5-8-12-35)41-20-23-44-43-22-17-38(36-13-9-6-10-14-36)29-46(43)54(47(44)31-41)49-28-34-27-39-30-50(54)53(39,49)33-34/h5-24,29,31-32,34,39,49-50H,25-28,30,33H2,1-4H3. The summed E-state index contributed by atoms with van der Waals surface area (Å²) in [6, 6.07) is 53.8. The Bertz CT molecular complexity index is 2530. The summed E-state index contributed by atoms with van der Waals surface area (Å²) in [4.78, 5) is 2.58. The quantitative estimate of drug-likeness (QED) is 0.172. The van der Waals surface area contributed by atoms with Gasteiger partial charge in [0.1, 0.15) is 0 Å². The van der Waals surface area contributed by atoms with E-state index < -0.39 is 0 Å². The molecule has 0 aliphatic heterocycles. The fraction of sp³-hybridized carbons (Fsp3) is 0.333. The summed E-state index contributed by atoms with van der Waals surface area (Å²) in [5, 5.41) is 0. The summed E-state index contributed by atoms with van der Waals surface area (Å²) in [7, 11) is 0. The summed E-state index contributed by atoms with van der Waals surface area (Å²) in [6.45, 7) is 9.79. The average molecular weight is 714 g/mol. The van der Waals surface area contributed by atoms with Crippen LogP contribution in [-0.2, 0) is 16.2 Å². The third-order valence-electron chi connectivity index (χ3n) is 16.4. The zero-order valence-electron chi connectivity index (χ0n) is 32.8. The van der Waals surface area contributed by atoms with E-state index in [1.807, 2.05) is 0 Å². The highest BCUT2D eigenvalue weighted by Crippen LogP contribution is 2.89. The summed E-state index contributed by atoms with van der Waals surface area (Å²) < 4.78 is 0. The molecule has 0 N–H and O–H groups in total. The van der Waals surface area contributed by atoms with Gasteiger partial charge in [-0.1, -0.05) is 125 Å². The first kappa shape index (κ1) is 32.4. The number of nitrogens with zero attached hydrogens (tertiary/aromatic N) is 1. The molecule has 55 heavy (non-hydrogen) atoms. The van der Waals surface area contributed by atoms with Crippen molar-refractivity contribution in [3.8, 4) is 33.4 Å². The van der Waals surface area contributed by atoms with Gasteiger partial charge in [-0.15, -0.1) is 0 Å². The molecule has 6 atom stereocenters. The Kier molecular flexibility index (Phi) is 6.42. The normalized spacial score (nSPS) is 29.1. The first-order valence-corrected chi connectivity index (χ1v) is 21.1. The molecule has 272 valence electrons. The lowest BCUT2D eigenvalue weighted by Gasteiger charge is -2.76. The van der Waals surface area contributed by atoms with Crippen LogP contribution in [0, 0.1) is 29.1 Å². The van der Waals surface area contributed by atoms with E-state index in [0.717, 1.165) is 23.7 Å². The molecule has 0 saturated heterocycles. The molecule has 0 aromatic heterocycles. The number of rotatable bonds is 5. The van der Waals surface area contributed by atoms with Gasteiger partial charge in [-0.25, -0.2) is 0 Å². The topological polar surface area (TPSA) is 3.24 Å². The Morgan fingerprint density at radius 1 is 0.455 bits per heavy atom. The van der Waals surface area contributed by atoms with Crippen molar-refractivity contribution in [2.45, 2.75) is 82.5 Å². The van der Waals surface area contributed by atoms with Crippen molar-refractivity contribution in [2.75, 3.05) is 4.90 Å². The van der Waals surface area contributed by atoms with Crippen LogP contribution < -0.4 is 4.90 Å². The van der Waals surface area contributed by atoms with E-state index in [-0.39, 0.29) is 16.2 Å². The lowest BCUT2D eigenvalue weighted by atomic mass is 9.27. The van der Waals surface area contributed by atoms with Gasteiger partial charge in [-0.3, -0.25) is 0 Å². The predicted octanol–water partition coefficient (Wildman–Crippen LogP) is 14.2. The summed E-state index contributed by atoms with van der Waals surface area (Å²) >= 11 is 0. The minimum absolute atomic E-state index is 0.113. The molecule has 0 amide bonds.